The fraction of sp³-hybridized carbons (Fsp3) is 0.348. The number of benzene rings is 2. The van der Waals surface area contributed by atoms with E-state index in [0.717, 1.165) is 42.8 Å². The lowest BCUT2D eigenvalue weighted by atomic mass is 9.93. The Bertz CT molecular complexity index is 952. The number of methoxy groups -OCH3 is 1. The number of piperidine rings is 1. The summed E-state index contributed by atoms with van der Waals surface area (Å²) in [5.41, 5.74) is 4.73. The van der Waals surface area contributed by atoms with Gasteiger partial charge in [0.2, 0.25) is 5.91 Å². The molecule has 4 heteroatoms. The van der Waals surface area contributed by atoms with Crippen LogP contribution in [-0.4, -0.2) is 36.0 Å². The van der Waals surface area contributed by atoms with Crippen molar-refractivity contribution in [3.8, 4) is 5.75 Å². The van der Waals surface area contributed by atoms with Crippen LogP contribution < -0.4 is 4.74 Å². The normalized spacial score (nSPS) is 15.3. The number of carbonyl (C=O) groups excluding carboxylic acids is 1. The van der Waals surface area contributed by atoms with Crippen LogP contribution in [-0.2, 0) is 11.2 Å². The first-order valence-electron chi connectivity index (χ1n) is 9.63. The summed E-state index contributed by atoms with van der Waals surface area (Å²) in [6.07, 6.45) is 2.51. The van der Waals surface area contributed by atoms with E-state index < -0.39 is 0 Å². The molecule has 1 N–H and O–H groups in total. The lowest BCUT2D eigenvalue weighted by Gasteiger charge is -2.32. The number of carbonyl (C=O) groups is 1. The number of aryl methyl sites for hydroxylation is 1. The summed E-state index contributed by atoms with van der Waals surface area (Å²) in [5, 5.41) is 1.18. The van der Waals surface area contributed by atoms with Gasteiger partial charge >= 0.3 is 0 Å². The largest absolute Gasteiger partial charge is 0.497 e. The number of amides is 1. The second-order valence-corrected chi connectivity index (χ2v) is 7.44. The highest BCUT2D eigenvalue weighted by Crippen LogP contribution is 2.31. The molecule has 0 atom stereocenters. The minimum absolute atomic E-state index is 0.240. The molecule has 1 amide bonds. The molecule has 0 bridgehead atoms. The summed E-state index contributed by atoms with van der Waals surface area (Å²) in [5.74, 6) is 1.60. The number of fused-ring (bicyclic) bond motifs is 1. The number of H-pyrrole nitrogens is 1. The molecule has 4 nitrogen and oxygen atoms in total. The van der Waals surface area contributed by atoms with Crippen LogP contribution >= 0.6 is 0 Å². The maximum atomic E-state index is 12.7. The van der Waals surface area contributed by atoms with Crippen LogP contribution in [0.3, 0.4) is 0 Å². The summed E-state index contributed by atoms with van der Waals surface area (Å²) in [6, 6.07) is 16.5. The lowest BCUT2D eigenvalue weighted by Crippen LogP contribution is -2.38. The summed E-state index contributed by atoms with van der Waals surface area (Å²) in [4.78, 5) is 18.2. The fourth-order valence-corrected chi connectivity index (χ4v) is 4.00. The van der Waals surface area contributed by atoms with Gasteiger partial charge in [0.25, 0.3) is 0 Å². The van der Waals surface area contributed by atoms with Crippen LogP contribution in [0.2, 0.25) is 0 Å². The topological polar surface area (TPSA) is 45.3 Å². The zero-order chi connectivity index (χ0) is 18.8. The van der Waals surface area contributed by atoms with E-state index in [1.54, 1.807) is 7.11 Å². The molecule has 140 valence electrons. The number of ether oxygens (including phenoxy) is 1. The number of rotatable bonds is 4. The Kier molecular flexibility index (Phi) is 4.88. The Balaban J connectivity index is 1.40. The highest BCUT2D eigenvalue weighted by molar-refractivity contribution is 5.82. The molecule has 1 aliphatic heterocycles. The van der Waals surface area contributed by atoms with Crippen LogP contribution in [0.25, 0.3) is 10.9 Å². The zero-order valence-electron chi connectivity index (χ0n) is 16.0. The van der Waals surface area contributed by atoms with E-state index in [1.165, 1.54) is 16.6 Å². The van der Waals surface area contributed by atoms with Gasteiger partial charge in [-0.25, -0.2) is 0 Å². The van der Waals surface area contributed by atoms with E-state index in [-0.39, 0.29) is 5.91 Å². The van der Waals surface area contributed by atoms with Crippen molar-refractivity contribution in [1.82, 2.24) is 9.88 Å². The van der Waals surface area contributed by atoms with Crippen molar-refractivity contribution in [3.05, 3.63) is 65.4 Å². The fourth-order valence-electron chi connectivity index (χ4n) is 4.00. The van der Waals surface area contributed by atoms with Crippen molar-refractivity contribution in [2.75, 3.05) is 20.2 Å². The molecule has 0 unspecified atom stereocenters. The Morgan fingerprint density at radius 1 is 1.15 bits per heavy atom. The summed E-state index contributed by atoms with van der Waals surface area (Å²) in [6.45, 7) is 3.72. The van der Waals surface area contributed by atoms with E-state index in [0.29, 0.717) is 12.3 Å². The van der Waals surface area contributed by atoms with Crippen LogP contribution in [0.1, 0.15) is 35.6 Å². The average Bonchev–Trinajstić information content (AvgIpc) is 3.13. The molecule has 2 heterocycles. The molecular formula is C23H26N2O2. The number of nitrogens with one attached hydrogen (secondary N) is 1. The number of likely N-dealkylation sites (tertiary alicyclic amines) is 1. The summed E-state index contributed by atoms with van der Waals surface area (Å²) < 4.78 is 5.32. The van der Waals surface area contributed by atoms with Gasteiger partial charge in [-0.2, -0.15) is 0 Å². The molecule has 2 aromatic carbocycles. The maximum absolute atomic E-state index is 12.7. The van der Waals surface area contributed by atoms with Gasteiger partial charge < -0.3 is 14.6 Å². The molecule has 1 aromatic heterocycles. The highest BCUT2D eigenvalue weighted by atomic mass is 16.5. The van der Waals surface area contributed by atoms with Gasteiger partial charge in [0.05, 0.1) is 13.5 Å². The molecule has 4 rings (SSSR count). The van der Waals surface area contributed by atoms with Crippen molar-refractivity contribution in [1.29, 1.82) is 0 Å². The predicted octanol–water partition coefficient (Wildman–Crippen LogP) is 4.43. The third kappa shape index (κ3) is 3.70. The standard InChI is InChI=1S/C23H26N2O2/c1-16-5-3-4-6-18(16)15-23(26)25-11-9-17(10-12-25)22-14-19-13-20(27-2)7-8-21(19)24-22/h3-8,13-14,17,24H,9-12,15H2,1-2H3. The first kappa shape index (κ1) is 17.7. The Labute approximate surface area is 160 Å². The number of hydrogen-bond donors (Lipinski definition) is 1. The third-order valence-electron chi connectivity index (χ3n) is 5.74. The van der Waals surface area contributed by atoms with Crippen molar-refractivity contribution in [2.45, 2.75) is 32.1 Å². The molecule has 0 spiro atoms. The minimum atomic E-state index is 0.240. The number of aromatic amines is 1. The molecule has 0 radical (unpaired) electrons. The Morgan fingerprint density at radius 3 is 2.67 bits per heavy atom. The van der Waals surface area contributed by atoms with Gasteiger partial charge in [0, 0.05) is 35.6 Å². The van der Waals surface area contributed by atoms with E-state index in [2.05, 4.69) is 42.2 Å². The quantitative estimate of drug-likeness (QED) is 0.746. The van der Waals surface area contributed by atoms with Gasteiger partial charge in [-0.3, -0.25) is 4.79 Å². The van der Waals surface area contributed by atoms with Gasteiger partial charge in [-0.1, -0.05) is 24.3 Å². The monoisotopic (exact) mass is 362 g/mol. The molecule has 0 saturated carbocycles. The van der Waals surface area contributed by atoms with E-state index in [9.17, 15) is 4.79 Å². The maximum Gasteiger partial charge on any atom is 0.226 e. The SMILES string of the molecule is COc1ccc2[nH]c(C3CCN(C(=O)Cc4ccccc4C)CC3)cc2c1. The van der Waals surface area contributed by atoms with Gasteiger partial charge in [0.15, 0.2) is 0 Å². The third-order valence-corrected chi connectivity index (χ3v) is 5.74. The van der Waals surface area contributed by atoms with Crippen LogP contribution in [0, 0.1) is 6.92 Å². The van der Waals surface area contributed by atoms with E-state index in [1.807, 2.05) is 23.1 Å². The smallest absolute Gasteiger partial charge is 0.226 e. The van der Waals surface area contributed by atoms with Crippen molar-refractivity contribution in [2.24, 2.45) is 0 Å². The first-order chi connectivity index (χ1) is 13.1. The van der Waals surface area contributed by atoms with E-state index in [4.69, 9.17) is 4.74 Å². The summed E-state index contributed by atoms with van der Waals surface area (Å²) in [7, 11) is 1.69. The second-order valence-electron chi connectivity index (χ2n) is 7.44. The van der Waals surface area contributed by atoms with Crippen molar-refractivity contribution < 1.29 is 9.53 Å². The minimum Gasteiger partial charge on any atom is -0.497 e. The molecule has 3 aromatic rings. The van der Waals surface area contributed by atoms with Crippen LogP contribution in [0.5, 0.6) is 5.75 Å². The van der Waals surface area contributed by atoms with Crippen molar-refractivity contribution >= 4 is 16.8 Å². The predicted molar refractivity (Wildman–Crippen MR) is 108 cm³/mol. The molecule has 0 aliphatic carbocycles. The molecule has 1 fully saturated rings. The number of hydrogen-bond acceptors (Lipinski definition) is 2. The van der Waals surface area contributed by atoms with E-state index >= 15 is 0 Å². The van der Waals surface area contributed by atoms with Gasteiger partial charge in [0.1, 0.15) is 5.75 Å². The highest BCUT2D eigenvalue weighted by Gasteiger charge is 2.25. The van der Waals surface area contributed by atoms with Gasteiger partial charge in [-0.15, -0.1) is 0 Å². The number of aromatic nitrogens is 1. The van der Waals surface area contributed by atoms with Crippen LogP contribution in [0.4, 0.5) is 0 Å². The van der Waals surface area contributed by atoms with Crippen molar-refractivity contribution in [3.63, 3.8) is 0 Å². The summed E-state index contributed by atoms with van der Waals surface area (Å²) >= 11 is 0. The first-order valence-corrected chi connectivity index (χ1v) is 9.63. The molecule has 27 heavy (non-hydrogen) atoms. The lowest BCUT2D eigenvalue weighted by molar-refractivity contribution is -0.131. The molecular weight excluding hydrogens is 336 g/mol. The Hall–Kier alpha value is -2.75. The Morgan fingerprint density at radius 2 is 1.93 bits per heavy atom. The molecule has 1 saturated heterocycles. The zero-order valence-corrected chi connectivity index (χ0v) is 16.0. The average molecular weight is 362 g/mol. The van der Waals surface area contributed by atoms with Gasteiger partial charge in [-0.05, 0) is 55.2 Å². The second kappa shape index (κ2) is 7.47. The molecule has 1 aliphatic rings. The number of nitrogens with zero attached hydrogens (tertiary/aromatic N) is 1. The van der Waals surface area contributed by atoms with Crippen LogP contribution in [0.15, 0.2) is 48.5 Å².